The van der Waals surface area contributed by atoms with Crippen molar-refractivity contribution >= 4 is 23.8 Å². The van der Waals surface area contributed by atoms with Gasteiger partial charge in [0.05, 0.1) is 23.4 Å². The molecule has 0 bridgehead atoms. The number of ether oxygens (including phenoxy) is 1. The van der Waals surface area contributed by atoms with Crippen LogP contribution in [0.1, 0.15) is 22.3 Å². The number of hydrogen-bond donors (Lipinski definition) is 2. The van der Waals surface area contributed by atoms with E-state index in [1.807, 2.05) is 30.3 Å². The first-order chi connectivity index (χ1) is 14.1. The van der Waals surface area contributed by atoms with Crippen LogP contribution in [0.25, 0.3) is 23.5 Å². The number of hydrogen-bond acceptors (Lipinski definition) is 4. The quantitative estimate of drug-likeness (QED) is 0.653. The van der Waals surface area contributed by atoms with E-state index in [9.17, 15) is 9.59 Å². The van der Waals surface area contributed by atoms with Gasteiger partial charge in [0.25, 0.3) is 0 Å². The van der Waals surface area contributed by atoms with Gasteiger partial charge in [0.1, 0.15) is 11.6 Å². The lowest BCUT2D eigenvalue weighted by Gasteiger charge is -2.07. The van der Waals surface area contributed by atoms with Gasteiger partial charge in [-0.2, -0.15) is 0 Å². The molecule has 1 aliphatic carbocycles. The standard InChI is InChI=1S/C23H19N3O3/c1-29-20-5-3-2-4-17(20)21(27)14-6-8-16(9-7-14)23-25-18-12-10-15(22(24)28)11-13-19(18)26-23/h2-10,12-13H,11H2,1H3,(H2,24,28)(H,25,26). The van der Waals surface area contributed by atoms with E-state index in [1.165, 1.54) is 0 Å². The third-order valence-corrected chi connectivity index (χ3v) is 4.82. The van der Waals surface area contributed by atoms with Crippen LogP contribution in [0.5, 0.6) is 5.75 Å². The van der Waals surface area contributed by atoms with E-state index in [-0.39, 0.29) is 5.78 Å². The normalized spacial score (nSPS) is 12.7. The van der Waals surface area contributed by atoms with E-state index in [0.717, 1.165) is 16.3 Å². The van der Waals surface area contributed by atoms with E-state index < -0.39 is 5.91 Å². The van der Waals surface area contributed by atoms with Crippen molar-refractivity contribution in [2.45, 2.75) is 6.42 Å². The minimum atomic E-state index is -0.432. The molecule has 1 amide bonds. The number of amides is 1. The van der Waals surface area contributed by atoms with Crippen molar-refractivity contribution in [1.82, 2.24) is 9.97 Å². The maximum absolute atomic E-state index is 12.8. The number of aromatic amines is 1. The molecule has 0 saturated carbocycles. The zero-order valence-corrected chi connectivity index (χ0v) is 15.8. The van der Waals surface area contributed by atoms with Crippen LogP contribution in [-0.2, 0) is 4.79 Å². The molecular formula is C23H19N3O3. The number of allylic oxidation sites excluding steroid dienone is 1. The van der Waals surface area contributed by atoms with Crippen molar-refractivity contribution in [3.8, 4) is 17.1 Å². The Morgan fingerprint density at radius 2 is 1.83 bits per heavy atom. The number of nitrogens with two attached hydrogens (primary N) is 1. The van der Waals surface area contributed by atoms with Gasteiger partial charge in [-0.05, 0) is 24.6 Å². The predicted molar refractivity (Wildman–Crippen MR) is 111 cm³/mol. The molecule has 0 aliphatic heterocycles. The van der Waals surface area contributed by atoms with E-state index >= 15 is 0 Å². The van der Waals surface area contributed by atoms with Gasteiger partial charge in [-0.25, -0.2) is 4.98 Å². The summed E-state index contributed by atoms with van der Waals surface area (Å²) in [5, 5.41) is 1.58. The summed E-state index contributed by atoms with van der Waals surface area (Å²) in [6.07, 6.45) is 5.82. The minimum Gasteiger partial charge on any atom is -0.496 e. The number of ketones is 1. The third kappa shape index (κ3) is 3.60. The fourth-order valence-electron chi connectivity index (χ4n) is 3.23. The molecule has 1 aromatic heterocycles. The number of para-hydroxylation sites is 1. The number of carbonyl (C=O) groups is 2. The first kappa shape index (κ1) is 18.4. The zero-order chi connectivity index (χ0) is 20.4. The third-order valence-electron chi connectivity index (χ3n) is 4.82. The number of primary amides is 1. The van der Waals surface area contributed by atoms with Crippen LogP contribution in [0.2, 0.25) is 0 Å². The van der Waals surface area contributed by atoms with Gasteiger partial charge >= 0.3 is 0 Å². The highest BCUT2D eigenvalue weighted by Crippen LogP contribution is 2.22. The Labute approximate surface area is 167 Å². The number of methoxy groups -OCH3 is 1. The second kappa shape index (κ2) is 7.59. The van der Waals surface area contributed by atoms with Crippen molar-refractivity contribution in [3.63, 3.8) is 0 Å². The average Bonchev–Trinajstić information content (AvgIpc) is 3.05. The second-order valence-corrected chi connectivity index (χ2v) is 6.62. The van der Waals surface area contributed by atoms with Crippen LogP contribution < -0.4 is 21.2 Å². The molecule has 0 radical (unpaired) electrons. The Morgan fingerprint density at radius 3 is 2.55 bits per heavy atom. The Balaban J connectivity index is 1.64. The molecule has 144 valence electrons. The topological polar surface area (TPSA) is 98.1 Å². The Morgan fingerprint density at radius 1 is 1.07 bits per heavy atom. The van der Waals surface area contributed by atoms with Crippen LogP contribution in [0.15, 0.2) is 60.2 Å². The molecule has 0 spiro atoms. The number of aromatic nitrogens is 2. The minimum absolute atomic E-state index is 0.102. The molecule has 29 heavy (non-hydrogen) atoms. The summed E-state index contributed by atoms with van der Waals surface area (Å²) in [5.41, 5.74) is 7.83. The van der Waals surface area contributed by atoms with Gasteiger partial charge in [-0.3, -0.25) is 9.59 Å². The molecule has 6 heteroatoms. The summed E-state index contributed by atoms with van der Waals surface area (Å²) in [6, 6.07) is 14.4. The molecular weight excluding hydrogens is 366 g/mol. The second-order valence-electron chi connectivity index (χ2n) is 6.62. The van der Waals surface area contributed by atoms with Gasteiger partial charge in [-0.1, -0.05) is 48.6 Å². The lowest BCUT2D eigenvalue weighted by molar-refractivity contribution is -0.114. The zero-order valence-electron chi connectivity index (χ0n) is 15.8. The van der Waals surface area contributed by atoms with Crippen LogP contribution in [0.4, 0.5) is 0 Å². The van der Waals surface area contributed by atoms with Gasteiger partial charge in [0, 0.05) is 16.7 Å². The monoisotopic (exact) mass is 385 g/mol. The van der Waals surface area contributed by atoms with E-state index in [4.69, 9.17) is 10.5 Å². The largest absolute Gasteiger partial charge is 0.496 e. The number of imidazole rings is 1. The fourth-order valence-corrected chi connectivity index (χ4v) is 3.23. The maximum atomic E-state index is 12.8. The number of carbonyl (C=O) groups excluding carboxylic acids is 2. The molecule has 3 N–H and O–H groups in total. The van der Waals surface area contributed by atoms with Gasteiger partial charge in [0.15, 0.2) is 5.78 Å². The summed E-state index contributed by atoms with van der Waals surface area (Å²) in [7, 11) is 1.55. The summed E-state index contributed by atoms with van der Waals surface area (Å²) in [5.74, 6) is 0.703. The number of rotatable bonds is 5. The smallest absolute Gasteiger partial charge is 0.244 e. The molecule has 0 saturated heterocycles. The molecule has 0 fully saturated rings. The Kier molecular flexibility index (Phi) is 4.83. The molecule has 6 nitrogen and oxygen atoms in total. The van der Waals surface area contributed by atoms with Crippen molar-refractivity contribution in [3.05, 3.63) is 82.0 Å². The van der Waals surface area contributed by atoms with Crippen molar-refractivity contribution in [2.75, 3.05) is 7.11 Å². The van der Waals surface area contributed by atoms with Crippen LogP contribution in [0.3, 0.4) is 0 Å². The lowest BCUT2D eigenvalue weighted by atomic mass is 10.0. The average molecular weight is 385 g/mol. The highest BCUT2D eigenvalue weighted by atomic mass is 16.5. The molecule has 4 rings (SSSR count). The van der Waals surface area contributed by atoms with Crippen molar-refractivity contribution < 1.29 is 14.3 Å². The fraction of sp³-hybridized carbons (Fsp3) is 0.0870. The highest BCUT2D eigenvalue weighted by Gasteiger charge is 2.14. The summed E-state index contributed by atoms with van der Waals surface area (Å²) >= 11 is 0. The maximum Gasteiger partial charge on any atom is 0.244 e. The van der Waals surface area contributed by atoms with E-state index in [0.29, 0.717) is 34.7 Å². The summed E-state index contributed by atoms with van der Waals surface area (Å²) < 4.78 is 5.28. The number of fused-ring (bicyclic) bond motifs is 1. The van der Waals surface area contributed by atoms with Crippen molar-refractivity contribution in [2.24, 2.45) is 5.73 Å². The van der Waals surface area contributed by atoms with E-state index in [2.05, 4.69) is 9.97 Å². The number of nitrogens with zero attached hydrogens (tertiary/aromatic N) is 1. The first-order valence-corrected chi connectivity index (χ1v) is 9.12. The molecule has 2 aromatic carbocycles. The van der Waals surface area contributed by atoms with Crippen LogP contribution in [0, 0.1) is 0 Å². The van der Waals surface area contributed by atoms with Crippen LogP contribution in [-0.4, -0.2) is 28.8 Å². The Bertz CT molecular complexity index is 1250. The highest BCUT2D eigenvalue weighted by molar-refractivity contribution is 6.10. The molecule has 0 unspecified atom stereocenters. The molecule has 0 atom stereocenters. The predicted octanol–water partition coefficient (Wildman–Crippen LogP) is 1.69. The van der Waals surface area contributed by atoms with Crippen LogP contribution >= 0.6 is 0 Å². The number of nitrogens with one attached hydrogen (secondary N) is 1. The van der Waals surface area contributed by atoms with Gasteiger partial charge in [0.2, 0.25) is 5.91 Å². The first-order valence-electron chi connectivity index (χ1n) is 9.12. The van der Waals surface area contributed by atoms with Gasteiger partial charge in [-0.15, -0.1) is 0 Å². The summed E-state index contributed by atoms with van der Waals surface area (Å²) in [6.45, 7) is 0. The lowest BCUT2D eigenvalue weighted by Crippen LogP contribution is -2.23. The number of H-pyrrole nitrogens is 1. The summed E-state index contributed by atoms with van der Waals surface area (Å²) in [4.78, 5) is 32.0. The molecule has 1 heterocycles. The molecule has 1 aliphatic rings. The molecule has 3 aromatic rings. The number of benzene rings is 2. The Hall–Kier alpha value is -3.93. The van der Waals surface area contributed by atoms with E-state index in [1.54, 1.807) is 43.5 Å². The SMILES string of the molecule is COc1ccccc1C(=O)c1ccc(-c2nc3c([nH]2)=CC=C(C(N)=O)CC=3)cc1. The van der Waals surface area contributed by atoms with Crippen molar-refractivity contribution in [1.29, 1.82) is 0 Å². The van der Waals surface area contributed by atoms with Gasteiger partial charge < -0.3 is 15.5 Å².